The van der Waals surface area contributed by atoms with E-state index in [-0.39, 0.29) is 29.4 Å². The number of thiazole rings is 1. The summed E-state index contributed by atoms with van der Waals surface area (Å²) in [7, 11) is 0. The highest BCUT2D eigenvalue weighted by atomic mass is 127. The second-order valence-electron chi connectivity index (χ2n) is 8.08. The highest BCUT2D eigenvalue weighted by Crippen LogP contribution is 2.41. The van der Waals surface area contributed by atoms with Crippen LogP contribution in [0.1, 0.15) is 40.9 Å². The third-order valence-electron chi connectivity index (χ3n) is 6.02. The molecule has 9 heteroatoms. The number of benzene rings is 1. The Morgan fingerprint density at radius 2 is 1.94 bits per heavy atom. The van der Waals surface area contributed by atoms with Crippen LogP contribution in [0.3, 0.4) is 0 Å². The van der Waals surface area contributed by atoms with Crippen molar-refractivity contribution in [2.45, 2.75) is 45.4 Å². The predicted molar refractivity (Wildman–Crippen MR) is 139 cm³/mol. The normalized spacial score (nSPS) is 17.0. The molecular weight excluding hydrogens is 539 g/mol. The Hall–Kier alpha value is -1.59. The molecule has 0 aliphatic carbocycles. The summed E-state index contributed by atoms with van der Waals surface area (Å²) in [6, 6.07) is 6.29. The zero-order valence-electron chi connectivity index (χ0n) is 19.0. The van der Waals surface area contributed by atoms with E-state index in [0.717, 1.165) is 68.7 Å². The molecule has 0 unspecified atom stereocenters. The van der Waals surface area contributed by atoms with Gasteiger partial charge < -0.3 is 24.8 Å². The summed E-state index contributed by atoms with van der Waals surface area (Å²) in [6.45, 7) is 10.4. The highest BCUT2D eigenvalue weighted by Gasteiger charge is 2.35. The van der Waals surface area contributed by atoms with Crippen LogP contribution in [0.5, 0.6) is 11.5 Å². The topological polar surface area (TPSA) is 77.0 Å². The molecule has 1 fully saturated rings. The minimum Gasteiger partial charge on any atom is -0.454 e. The predicted octanol–water partition coefficient (Wildman–Crippen LogP) is 3.95. The van der Waals surface area contributed by atoms with Gasteiger partial charge in [0.05, 0.1) is 17.2 Å². The van der Waals surface area contributed by atoms with Crippen LogP contribution in [0.2, 0.25) is 0 Å². The van der Waals surface area contributed by atoms with Crippen molar-refractivity contribution in [3.63, 3.8) is 0 Å². The fourth-order valence-electron chi connectivity index (χ4n) is 4.03. The van der Waals surface area contributed by atoms with E-state index in [0.29, 0.717) is 13.3 Å². The van der Waals surface area contributed by atoms with Gasteiger partial charge in [-0.1, -0.05) is 6.07 Å². The maximum atomic E-state index is 5.68. The van der Waals surface area contributed by atoms with E-state index >= 15 is 0 Å². The molecule has 176 valence electrons. The maximum absolute atomic E-state index is 5.68. The molecular formula is C23H33IN4O3S. The lowest BCUT2D eigenvalue weighted by Gasteiger charge is -2.36. The number of nitrogens with zero attached hydrogens (tertiary/aromatic N) is 2. The quantitative estimate of drug-likeness (QED) is 0.298. The molecule has 0 spiro atoms. The SMILES string of the molecule is CCNC(=NCC1(c2ccc3c(c2)OCO3)CCOCC1)NCCc1nc(C)c(C)s1.I. The highest BCUT2D eigenvalue weighted by molar-refractivity contribution is 14.0. The number of nitrogens with one attached hydrogen (secondary N) is 2. The number of aliphatic imine (C=N–C) groups is 1. The molecule has 0 radical (unpaired) electrons. The summed E-state index contributed by atoms with van der Waals surface area (Å²) in [5, 5.41) is 8.03. The number of hydrogen-bond donors (Lipinski definition) is 2. The second kappa shape index (κ2) is 11.5. The molecule has 4 rings (SSSR count). The van der Waals surface area contributed by atoms with Crippen LogP contribution >= 0.6 is 35.3 Å². The van der Waals surface area contributed by atoms with Crippen LogP contribution < -0.4 is 20.1 Å². The number of ether oxygens (including phenoxy) is 3. The van der Waals surface area contributed by atoms with Crippen molar-refractivity contribution in [2.75, 3.05) is 39.6 Å². The molecule has 0 atom stereocenters. The van der Waals surface area contributed by atoms with Crippen LogP contribution in [-0.2, 0) is 16.6 Å². The fraction of sp³-hybridized carbons (Fsp3) is 0.565. The van der Waals surface area contributed by atoms with Gasteiger partial charge in [0.2, 0.25) is 6.79 Å². The van der Waals surface area contributed by atoms with E-state index in [1.807, 2.05) is 6.07 Å². The summed E-state index contributed by atoms with van der Waals surface area (Å²) in [5.41, 5.74) is 2.31. The molecule has 1 aromatic carbocycles. The first kappa shape index (κ1) is 25.0. The zero-order valence-corrected chi connectivity index (χ0v) is 22.2. The summed E-state index contributed by atoms with van der Waals surface area (Å²) >= 11 is 1.77. The van der Waals surface area contributed by atoms with Gasteiger partial charge in [-0.15, -0.1) is 35.3 Å². The van der Waals surface area contributed by atoms with Crippen molar-refractivity contribution in [2.24, 2.45) is 4.99 Å². The lowest BCUT2D eigenvalue weighted by Crippen LogP contribution is -2.41. The maximum Gasteiger partial charge on any atom is 0.231 e. The first-order valence-corrected chi connectivity index (χ1v) is 11.8. The number of aryl methyl sites for hydroxylation is 2. The lowest BCUT2D eigenvalue weighted by atomic mass is 9.74. The summed E-state index contributed by atoms with van der Waals surface area (Å²) in [6.07, 6.45) is 2.77. The van der Waals surface area contributed by atoms with Gasteiger partial charge in [0, 0.05) is 43.0 Å². The van der Waals surface area contributed by atoms with Gasteiger partial charge >= 0.3 is 0 Å². The average Bonchev–Trinajstić information content (AvgIpc) is 3.38. The minimum atomic E-state index is -0.0644. The van der Waals surface area contributed by atoms with Crippen molar-refractivity contribution >= 4 is 41.3 Å². The number of guanidine groups is 1. The van der Waals surface area contributed by atoms with Crippen LogP contribution in [0.15, 0.2) is 23.2 Å². The van der Waals surface area contributed by atoms with Crippen LogP contribution in [-0.4, -0.2) is 50.6 Å². The number of rotatable bonds is 7. The second-order valence-corrected chi connectivity index (χ2v) is 9.37. The molecule has 1 saturated heterocycles. The van der Waals surface area contributed by atoms with Gasteiger partial charge in [-0.05, 0) is 51.3 Å². The fourth-order valence-corrected chi connectivity index (χ4v) is 4.97. The molecule has 3 heterocycles. The van der Waals surface area contributed by atoms with Gasteiger partial charge in [-0.2, -0.15) is 0 Å². The van der Waals surface area contributed by atoms with Gasteiger partial charge in [-0.3, -0.25) is 4.99 Å². The Balaban J connectivity index is 0.00000289. The Labute approximate surface area is 211 Å². The van der Waals surface area contributed by atoms with E-state index in [2.05, 4.69) is 48.5 Å². The van der Waals surface area contributed by atoms with Crippen molar-refractivity contribution in [3.05, 3.63) is 39.3 Å². The van der Waals surface area contributed by atoms with E-state index in [1.54, 1.807) is 11.3 Å². The molecule has 32 heavy (non-hydrogen) atoms. The summed E-state index contributed by atoms with van der Waals surface area (Å²) < 4.78 is 16.8. The average molecular weight is 573 g/mol. The third kappa shape index (κ3) is 5.85. The summed E-state index contributed by atoms with van der Waals surface area (Å²) in [5.74, 6) is 2.49. The van der Waals surface area contributed by atoms with E-state index < -0.39 is 0 Å². The largest absolute Gasteiger partial charge is 0.454 e. The minimum absolute atomic E-state index is 0. The molecule has 0 saturated carbocycles. The number of halogens is 1. The molecule has 0 bridgehead atoms. The number of aromatic nitrogens is 1. The molecule has 2 aliphatic rings. The molecule has 1 aromatic heterocycles. The number of fused-ring (bicyclic) bond motifs is 1. The van der Waals surface area contributed by atoms with E-state index in [9.17, 15) is 0 Å². The molecule has 0 amide bonds. The van der Waals surface area contributed by atoms with Crippen LogP contribution in [0, 0.1) is 13.8 Å². The van der Waals surface area contributed by atoms with Crippen LogP contribution in [0.25, 0.3) is 0 Å². The van der Waals surface area contributed by atoms with E-state index in [1.165, 1.54) is 15.4 Å². The zero-order chi connectivity index (χ0) is 21.7. The molecule has 7 nitrogen and oxygen atoms in total. The first-order valence-electron chi connectivity index (χ1n) is 11.0. The van der Waals surface area contributed by atoms with Crippen molar-refractivity contribution in [1.82, 2.24) is 15.6 Å². The Bertz CT molecular complexity index is 908. The number of hydrogen-bond acceptors (Lipinski definition) is 6. The standard InChI is InChI=1S/C23H32N4O3S.HI/c1-4-24-22(25-10-7-21-27-16(2)17(3)31-21)26-14-23(8-11-28-12-9-23)18-5-6-19-20(13-18)30-15-29-19;/h5-6,13H,4,7-12,14-15H2,1-3H3,(H2,24,25,26);1H. The van der Waals surface area contributed by atoms with Crippen molar-refractivity contribution in [3.8, 4) is 11.5 Å². The van der Waals surface area contributed by atoms with Gasteiger partial charge in [-0.25, -0.2) is 4.98 Å². The third-order valence-corrected chi connectivity index (χ3v) is 7.16. The first-order chi connectivity index (χ1) is 15.1. The summed E-state index contributed by atoms with van der Waals surface area (Å²) in [4.78, 5) is 10.9. The molecule has 2 aromatic rings. The Morgan fingerprint density at radius 3 is 2.66 bits per heavy atom. The van der Waals surface area contributed by atoms with Crippen molar-refractivity contribution in [1.29, 1.82) is 0 Å². The van der Waals surface area contributed by atoms with E-state index in [4.69, 9.17) is 19.2 Å². The molecule has 2 N–H and O–H groups in total. The Kier molecular flexibility index (Phi) is 9.01. The smallest absolute Gasteiger partial charge is 0.231 e. The van der Waals surface area contributed by atoms with Gasteiger partial charge in [0.25, 0.3) is 0 Å². The monoisotopic (exact) mass is 572 g/mol. The van der Waals surface area contributed by atoms with Crippen molar-refractivity contribution < 1.29 is 14.2 Å². The lowest BCUT2D eigenvalue weighted by molar-refractivity contribution is 0.0530. The van der Waals surface area contributed by atoms with Gasteiger partial charge in [0.15, 0.2) is 17.5 Å². The molecule has 2 aliphatic heterocycles. The Morgan fingerprint density at radius 1 is 1.16 bits per heavy atom. The van der Waals surface area contributed by atoms with Gasteiger partial charge in [0.1, 0.15) is 0 Å². The van der Waals surface area contributed by atoms with Crippen LogP contribution in [0.4, 0.5) is 0 Å².